The van der Waals surface area contributed by atoms with Crippen molar-refractivity contribution >= 4 is 23.2 Å². The second-order valence-electron chi connectivity index (χ2n) is 6.22. The van der Waals surface area contributed by atoms with Gasteiger partial charge in [0.25, 0.3) is 0 Å². The highest BCUT2D eigenvalue weighted by Crippen LogP contribution is 2.22. The molecule has 5 heteroatoms. The first kappa shape index (κ1) is 19.5. The fourth-order valence-corrected chi connectivity index (χ4v) is 2.79. The summed E-state index contributed by atoms with van der Waals surface area (Å²) < 4.78 is 5.38. The Hall–Kier alpha value is -2.82. The monoisotopic (exact) mass is 354 g/mol. The van der Waals surface area contributed by atoms with Crippen molar-refractivity contribution in [2.45, 2.75) is 34.1 Å². The van der Waals surface area contributed by atoms with Crippen molar-refractivity contribution in [2.75, 3.05) is 23.4 Å². The quantitative estimate of drug-likeness (QED) is 0.815. The molecular formula is C21H26N2O3. The number of rotatable bonds is 7. The molecule has 1 N–H and O–H groups in total. The Labute approximate surface area is 155 Å². The third-order valence-corrected chi connectivity index (χ3v) is 4.03. The molecule has 0 aromatic heterocycles. The largest absolute Gasteiger partial charge is 0.494 e. The number of hydrogen-bond donors (Lipinski definition) is 1. The molecule has 0 spiro atoms. The minimum atomic E-state index is -0.134. The van der Waals surface area contributed by atoms with E-state index < -0.39 is 0 Å². The van der Waals surface area contributed by atoms with E-state index in [2.05, 4.69) is 5.32 Å². The number of ether oxygens (including phenoxy) is 1. The van der Waals surface area contributed by atoms with Gasteiger partial charge in [0.05, 0.1) is 6.61 Å². The number of amides is 2. The summed E-state index contributed by atoms with van der Waals surface area (Å²) in [5.74, 6) is 0.555. The summed E-state index contributed by atoms with van der Waals surface area (Å²) in [4.78, 5) is 25.9. The second kappa shape index (κ2) is 9.04. The molecule has 0 saturated carbocycles. The zero-order valence-corrected chi connectivity index (χ0v) is 15.8. The first-order valence-electron chi connectivity index (χ1n) is 8.78. The van der Waals surface area contributed by atoms with Gasteiger partial charge in [-0.05, 0) is 56.7 Å². The smallest absolute Gasteiger partial charge is 0.226 e. The minimum absolute atomic E-state index is 0.0779. The van der Waals surface area contributed by atoms with Gasteiger partial charge in [-0.1, -0.05) is 17.7 Å². The molecule has 0 aliphatic carbocycles. The minimum Gasteiger partial charge on any atom is -0.494 e. The van der Waals surface area contributed by atoms with Crippen molar-refractivity contribution in [1.82, 2.24) is 0 Å². The summed E-state index contributed by atoms with van der Waals surface area (Å²) in [6.45, 7) is 8.36. The Morgan fingerprint density at radius 2 is 1.77 bits per heavy atom. The molecule has 0 aliphatic rings. The predicted octanol–water partition coefficient (Wildman–Crippen LogP) is 4.08. The Bertz CT molecular complexity index is 769. The summed E-state index contributed by atoms with van der Waals surface area (Å²) in [5.41, 5.74) is 3.71. The average molecular weight is 354 g/mol. The number of aryl methyl sites for hydroxylation is 2. The van der Waals surface area contributed by atoms with Crippen LogP contribution in [-0.4, -0.2) is 25.0 Å². The maximum atomic E-state index is 12.2. The van der Waals surface area contributed by atoms with Crippen LogP contribution >= 0.6 is 0 Å². The molecular weight excluding hydrogens is 328 g/mol. The Morgan fingerprint density at radius 1 is 1.08 bits per heavy atom. The number of nitrogens with one attached hydrogen (secondary N) is 1. The molecule has 2 amide bonds. The SMILES string of the molecule is CCOc1ccc(NC(=O)CCN(C(C)=O)c2ccc(C)cc2C)cc1. The van der Waals surface area contributed by atoms with Gasteiger partial charge in [-0.25, -0.2) is 0 Å². The molecule has 0 unspecified atom stereocenters. The molecule has 0 saturated heterocycles. The first-order chi connectivity index (χ1) is 12.4. The van der Waals surface area contributed by atoms with Crippen LogP contribution in [0.25, 0.3) is 0 Å². The Balaban J connectivity index is 1.98. The summed E-state index contributed by atoms with van der Waals surface area (Å²) in [7, 11) is 0. The van der Waals surface area contributed by atoms with Gasteiger partial charge in [-0.2, -0.15) is 0 Å². The van der Waals surface area contributed by atoms with Crippen LogP contribution in [0.1, 0.15) is 31.4 Å². The lowest BCUT2D eigenvalue weighted by Gasteiger charge is -2.23. The molecule has 138 valence electrons. The van der Waals surface area contributed by atoms with Crippen molar-refractivity contribution in [3.8, 4) is 5.75 Å². The van der Waals surface area contributed by atoms with Crippen molar-refractivity contribution in [3.05, 3.63) is 53.6 Å². The third kappa shape index (κ3) is 5.34. The van der Waals surface area contributed by atoms with E-state index in [1.807, 2.05) is 51.1 Å². The summed E-state index contributed by atoms with van der Waals surface area (Å²) in [6.07, 6.45) is 0.222. The van der Waals surface area contributed by atoms with Gasteiger partial charge >= 0.3 is 0 Å². The standard InChI is InChI=1S/C21H26N2O3/c1-5-26-19-9-7-18(8-10-19)22-21(25)12-13-23(17(4)24)20-11-6-15(2)14-16(20)3/h6-11,14H,5,12-13H2,1-4H3,(H,22,25). The Morgan fingerprint density at radius 3 is 2.35 bits per heavy atom. The fourth-order valence-electron chi connectivity index (χ4n) is 2.79. The highest BCUT2D eigenvalue weighted by Gasteiger charge is 2.15. The second-order valence-corrected chi connectivity index (χ2v) is 6.22. The normalized spacial score (nSPS) is 10.3. The average Bonchev–Trinajstić information content (AvgIpc) is 2.58. The number of anilines is 2. The lowest BCUT2D eigenvalue weighted by Crippen LogP contribution is -2.32. The molecule has 0 fully saturated rings. The molecule has 26 heavy (non-hydrogen) atoms. The van der Waals surface area contributed by atoms with Crippen molar-refractivity contribution in [1.29, 1.82) is 0 Å². The lowest BCUT2D eigenvalue weighted by atomic mass is 10.1. The van der Waals surface area contributed by atoms with Gasteiger partial charge in [0, 0.05) is 31.3 Å². The number of carbonyl (C=O) groups excluding carboxylic acids is 2. The van der Waals surface area contributed by atoms with Gasteiger partial charge in [0.15, 0.2) is 0 Å². The highest BCUT2D eigenvalue weighted by atomic mass is 16.5. The van der Waals surface area contributed by atoms with Crippen LogP contribution < -0.4 is 15.0 Å². The van der Waals surface area contributed by atoms with E-state index in [1.54, 1.807) is 17.0 Å². The zero-order chi connectivity index (χ0) is 19.1. The maximum absolute atomic E-state index is 12.2. The number of benzene rings is 2. The van der Waals surface area contributed by atoms with Crippen LogP contribution in [0.5, 0.6) is 5.75 Å². The van der Waals surface area contributed by atoms with E-state index in [4.69, 9.17) is 4.74 Å². The van der Waals surface area contributed by atoms with Gasteiger partial charge in [0.2, 0.25) is 11.8 Å². The van der Waals surface area contributed by atoms with Crippen LogP contribution in [-0.2, 0) is 9.59 Å². The number of nitrogens with zero attached hydrogens (tertiary/aromatic N) is 1. The molecule has 2 aromatic rings. The van der Waals surface area contributed by atoms with E-state index in [0.717, 1.165) is 22.6 Å². The van der Waals surface area contributed by atoms with Crippen LogP contribution in [0.2, 0.25) is 0 Å². The van der Waals surface area contributed by atoms with Crippen LogP contribution in [0.4, 0.5) is 11.4 Å². The van der Waals surface area contributed by atoms with E-state index >= 15 is 0 Å². The maximum Gasteiger partial charge on any atom is 0.226 e. The highest BCUT2D eigenvalue weighted by molar-refractivity contribution is 5.95. The van der Waals surface area contributed by atoms with E-state index in [-0.39, 0.29) is 18.2 Å². The van der Waals surface area contributed by atoms with Crippen LogP contribution in [0.3, 0.4) is 0 Å². The molecule has 2 rings (SSSR count). The van der Waals surface area contributed by atoms with Crippen molar-refractivity contribution in [3.63, 3.8) is 0 Å². The summed E-state index contributed by atoms with van der Waals surface area (Å²) in [5, 5.41) is 2.85. The van der Waals surface area contributed by atoms with E-state index in [0.29, 0.717) is 18.8 Å². The Kier molecular flexibility index (Phi) is 6.78. The fraction of sp³-hybridized carbons (Fsp3) is 0.333. The van der Waals surface area contributed by atoms with Crippen LogP contribution in [0.15, 0.2) is 42.5 Å². The van der Waals surface area contributed by atoms with Crippen molar-refractivity contribution < 1.29 is 14.3 Å². The molecule has 2 aromatic carbocycles. The number of carbonyl (C=O) groups is 2. The first-order valence-corrected chi connectivity index (χ1v) is 8.78. The van der Waals surface area contributed by atoms with Gasteiger partial charge in [-0.15, -0.1) is 0 Å². The van der Waals surface area contributed by atoms with Gasteiger partial charge in [-0.3, -0.25) is 9.59 Å². The van der Waals surface area contributed by atoms with Gasteiger partial charge < -0.3 is 15.0 Å². The summed E-state index contributed by atoms with van der Waals surface area (Å²) >= 11 is 0. The lowest BCUT2D eigenvalue weighted by molar-refractivity contribution is -0.117. The molecule has 0 aliphatic heterocycles. The molecule has 0 bridgehead atoms. The summed E-state index contributed by atoms with van der Waals surface area (Å²) in [6, 6.07) is 13.2. The van der Waals surface area contributed by atoms with E-state index in [1.165, 1.54) is 6.92 Å². The topological polar surface area (TPSA) is 58.6 Å². The number of hydrogen-bond acceptors (Lipinski definition) is 3. The zero-order valence-electron chi connectivity index (χ0n) is 15.8. The molecule has 5 nitrogen and oxygen atoms in total. The predicted molar refractivity (Wildman–Crippen MR) is 105 cm³/mol. The third-order valence-electron chi connectivity index (χ3n) is 4.03. The van der Waals surface area contributed by atoms with Crippen molar-refractivity contribution in [2.24, 2.45) is 0 Å². The molecule has 0 heterocycles. The van der Waals surface area contributed by atoms with Crippen LogP contribution in [0, 0.1) is 13.8 Å². The molecule has 0 radical (unpaired) electrons. The molecule has 0 atom stereocenters. The van der Waals surface area contributed by atoms with Gasteiger partial charge in [0.1, 0.15) is 5.75 Å². The van der Waals surface area contributed by atoms with E-state index in [9.17, 15) is 9.59 Å².